The summed E-state index contributed by atoms with van der Waals surface area (Å²) in [6.45, 7) is 1.81. The van der Waals surface area contributed by atoms with Gasteiger partial charge in [-0.1, -0.05) is 23.7 Å². The van der Waals surface area contributed by atoms with Crippen molar-refractivity contribution in [3.8, 4) is 0 Å². The predicted molar refractivity (Wildman–Crippen MR) is 80.9 cm³/mol. The maximum atomic E-state index is 11.8. The molecule has 1 aromatic rings. The van der Waals surface area contributed by atoms with Gasteiger partial charge in [0.05, 0.1) is 17.6 Å². The van der Waals surface area contributed by atoms with E-state index in [1.165, 1.54) is 0 Å². The smallest absolute Gasteiger partial charge is 0.246 e. The van der Waals surface area contributed by atoms with Crippen molar-refractivity contribution in [2.75, 3.05) is 12.4 Å². The molecule has 5 nitrogen and oxygen atoms in total. The third-order valence-electron chi connectivity index (χ3n) is 3.58. The van der Waals surface area contributed by atoms with Crippen LogP contribution in [0.4, 0.5) is 0 Å². The van der Waals surface area contributed by atoms with E-state index in [1.54, 1.807) is 19.1 Å². The molecule has 2 atom stereocenters. The van der Waals surface area contributed by atoms with E-state index < -0.39 is 15.1 Å². The Morgan fingerprint density at radius 1 is 1.48 bits per heavy atom. The van der Waals surface area contributed by atoms with Crippen molar-refractivity contribution in [2.45, 2.75) is 31.2 Å². The minimum atomic E-state index is -3.06. The molecule has 1 heterocycles. The molecule has 0 saturated carbocycles. The minimum Gasteiger partial charge on any atom is -0.367 e. The van der Waals surface area contributed by atoms with E-state index in [1.807, 2.05) is 12.1 Å². The normalized spacial score (nSPS) is 23.9. The quantitative estimate of drug-likeness (QED) is 0.888. The van der Waals surface area contributed by atoms with Gasteiger partial charge in [0.1, 0.15) is 6.61 Å². The Bertz CT molecular complexity index is 617. The predicted octanol–water partition coefficient (Wildman–Crippen LogP) is 1.55. The summed E-state index contributed by atoms with van der Waals surface area (Å²) in [6, 6.07) is 6.88. The summed E-state index contributed by atoms with van der Waals surface area (Å²) >= 11 is 5.85. The second-order valence-electron chi connectivity index (χ2n) is 5.16. The number of hydrogen-bond donors (Lipinski definition) is 1. The van der Waals surface area contributed by atoms with Gasteiger partial charge in [0.25, 0.3) is 0 Å². The maximum absolute atomic E-state index is 11.8. The zero-order chi connectivity index (χ0) is 15.5. The highest BCUT2D eigenvalue weighted by Gasteiger charge is 2.37. The topological polar surface area (TPSA) is 72.5 Å². The van der Waals surface area contributed by atoms with Gasteiger partial charge in [-0.3, -0.25) is 4.79 Å². The van der Waals surface area contributed by atoms with Crippen LogP contribution < -0.4 is 5.32 Å². The van der Waals surface area contributed by atoms with E-state index in [4.69, 9.17) is 16.3 Å². The van der Waals surface area contributed by atoms with Gasteiger partial charge in [0, 0.05) is 11.1 Å². The molecule has 1 N–H and O–H groups in total. The molecule has 2 rings (SSSR count). The van der Waals surface area contributed by atoms with Crippen LogP contribution in [0, 0.1) is 0 Å². The van der Waals surface area contributed by atoms with Gasteiger partial charge in [-0.2, -0.15) is 0 Å². The molecule has 0 bridgehead atoms. The zero-order valence-electron chi connectivity index (χ0n) is 11.7. The van der Waals surface area contributed by atoms with Crippen LogP contribution in [-0.2, 0) is 26.0 Å². The Morgan fingerprint density at radius 2 is 2.24 bits per heavy atom. The van der Waals surface area contributed by atoms with Gasteiger partial charge in [0.15, 0.2) is 9.84 Å². The third-order valence-corrected chi connectivity index (χ3v) is 6.09. The fourth-order valence-electron chi connectivity index (χ4n) is 2.29. The van der Waals surface area contributed by atoms with Gasteiger partial charge in [0.2, 0.25) is 5.91 Å². The Hall–Kier alpha value is -1.11. The maximum Gasteiger partial charge on any atom is 0.246 e. The number of rotatable bonds is 5. The van der Waals surface area contributed by atoms with Crippen LogP contribution in [0.1, 0.15) is 18.9 Å². The first-order valence-electron chi connectivity index (χ1n) is 6.71. The highest BCUT2D eigenvalue weighted by Crippen LogP contribution is 2.20. The van der Waals surface area contributed by atoms with Crippen LogP contribution in [-0.4, -0.2) is 38.0 Å². The summed E-state index contributed by atoms with van der Waals surface area (Å²) in [4.78, 5) is 11.8. The van der Waals surface area contributed by atoms with Gasteiger partial charge < -0.3 is 10.1 Å². The molecule has 1 aliphatic heterocycles. The molecular formula is C14H18ClNO4S. The Labute approximate surface area is 129 Å². The molecule has 0 radical (unpaired) electrons. The summed E-state index contributed by atoms with van der Waals surface area (Å²) in [5.41, 5.74) is 0.882. The summed E-state index contributed by atoms with van der Waals surface area (Å²) in [5, 5.41) is 2.80. The van der Waals surface area contributed by atoms with Gasteiger partial charge in [-0.25, -0.2) is 8.42 Å². The molecule has 0 aromatic heterocycles. The highest BCUT2D eigenvalue weighted by molar-refractivity contribution is 7.92. The zero-order valence-corrected chi connectivity index (χ0v) is 13.3. The van der Waals surface area contributed by atoms with Gasteiger partial charge >= 0.3 is 0 Å². The number of benzene rings is 1. The number of sulfone groups is 1. The summed E-state index contributed by atoms with van der Waals surface area (Å²) in [6.07, 6.45) is 0.462. The van der Waals surface area contributed by atoms with E-state index >= 15 is 0 Å². The third kappa shape index (κ3) is 4.43. The molecule has 0 aliphatic carbocycles. The SMILES string of the molecule is C[C@H]1[C@@H](NC(=O)COCc2cccc(Cl)c2)CCS1(=O)=O. The number of carbonyl (C=O) groups is 1. The van der Waals surface area contributed by atoms with Crippen LogP contribution >= 0.6 is 11.6 Å². The lowest BCUT2D eigenvalue weighted by Gasteiger charge is -2.16. The fourth-order valence-corrected chi connectivity index (χ4v) is 4.16. The van der Waals surface area contributed by atoms with Crippen LogP contribution in [0.15, 0.2) is 24.3 Å². The first kappa shape index (κ1) is 16.3. The molecule has 1 saturated heterocycles. The molecular weight excluding hydrogens is 314 g/mol. The average Bonchev–Trinajstić information content (AvgIpc) is 2.66. The molecule has 0 unspecified atom stereocenters. The molecule has 1 amide bonds. The summed E-state index contributed by atoms with van der Waals surface area (Å²) in [7, 11) is -3.06. The van der Waals surface area contributed by atoms with E-state index in [9.17, 15) is 13.2 Å². The van der Waals surface area contributed by atoms with E-state index in [-0.39, 0.29) is 30.9 Å². The van der Waals surface area contributed by atoms with E-state index in [0.717, 1.165) is 5.56 Å². The van der Waals surface area contributed by atoms with Crippen LogP contribution in [0.25, 0.3) is 0 Å². The number of carbonyl (C=O) groups excluding carboxylic acids is 1. The first-order valence-corrected chi connectivity index (χ1v) is 8.81. The van der Waals surface area contributed by atoms with Crippen molar-refractivity contribution < 1.29 is 17.9 Å². The Morgan fingerprint density at radius 3 is 2.86 bits per heavy atom. The molecule has 0 spiro atoms. The van der Waals surface area contributed by atoms with Crippen molar-refractivity contribution in [1.82, 2.24) is 5.32 Å². The first-order chi connectivity index (χ1) is 9.88. The lowest BCUT2D eigenvalue weighted by atomic mass is 10.2. The molecule has 1 aliphatic rings. The number of halogens is 1. The molecule has 1 aromatic carbocycles. The fraction of sp³-hybridized carbons (Fsp3) is 0.500. The number of nitrogens with one attached hydrogen (secondary N) is 1. The van der Waals surface area contributed by atoms with E-state index in [0.29, 0.717) is 11.4 Å². The van der Waals surface area contributed by atoms with Crippen molar-refractivity contribution in [3.05, 3.63) is 34.9 Å². The largest absolute Gasteiger partial charge is 0.367 e. The van der Waals surface area contributed by atoms with Crippen LogP contribution in [0.2, 0.25) is 5.02 Å². The summed E-state index contributed by atoms with van der Waals surface area (Å²) < 4.78 is 28.5. The second kappa shape index (κ2) is 6.77. The Kier molecular flexibility index (Phi) is 5.24. The van der Waals surface area contributed by atoms with Crippen LogP contribution in [0.5, 0.6) is 0 Å². The molecule has 21 heavy (non-hydrogen) atoms. The highest BCUT2D eigenvalue weighted by atomic mass is 35.5. The van der Waals surface area contributed by atoms with Crippen molar-refractivity contribution >= 4 is 27.3 Å². The second-order valence-corrected chi connectivity index (χ2v) is 8.07. The number of amides is 1. The van der Waals surface area contributed by atoms with Gasteiger partial charge in [-0.05, 0) is 31.0 Å². The average molecular weight is 332 g/mol. The molecule has 7 heteroatoms. The Balaban J connectivity index is 1.76. The minimum absolute atomic E-state index is 0.101. The lowest BCUT2D eigenvalue weighted by Crippen LogP contribution is -2.42. The van der Waals surface area contributed by atoms with Crippen molar-refractivity contribution in [1.29, 1.82) is 0 Å². The number of hydrogen-bond acceptors (Lipinski definition) is 4. The van der Waals surface area contributed by atoms with Crippen LogP contribution in [0.3, 0.4) is 0 Å². The molecule has 116 valence electrons. The van der Waals surface area contributed by atoms with Crippen molar-refractivity contribution in [2.24, 2.45) is 0 Å². The number of ether oxygens (including phenoxy) is 1. The monoisotopic (exact) mass is 331 g/mol. The van der Waals surface area contributed by atoms with Crippen molar-refractivity contribution in [3.63, 3.8) is 0 Å². The lowest BCUT2D eigenvalue weighted by molar-refractivity contribution is -0.126. The standard InChI is InChI=1S/C14H18ClNO4S/c1-10-13(5-6-21(10,18)19)16-14(17)9-20-8-11-3-2-4-12(15)7-11/h2-4,7,10,13H,5-6,8-9H2,1H3,(H,16,17)/t10-,13-/m0/s1. The summed E-state index contributed by atoms with van der Waals surface area (Å²) in [5.74, 6) is -0.173. The van der Waals surface area contributed by atoms with E-state index in [2.05, 4.69) is 5.32 Å². The van der Waals surface area contributed by atoms with Gasteiger partial charge in [-0.15, -0.1) is 0 Å². The molecule has 1 fully saturated rings.